The van der Waals surface area contributed by atoms with E-state index in [-0.39, 0.29) is 0 Å². The second-order valence-electron chi connectivity index (χ2n) is 3.88. The Morgan fingerprint density at radius 2 is 1.74 bits per heavy atom. The molecule has 4 nitrogen and oxygen atoms in total. The first-order valence-electron chi connectivity index (χ1n) is 5.76. The quantitative estimate of drug-likeness (QED) is 0.909. The van der Waals surface area contributed by atoms with Crippen LogP contribution in [-0.4, -0.2) is 14.2 Å². The van der Waals surface area contributed by atoms with Crippen molar-refractivity contribution in [2.45, 2.75) is 0 Å². The van der Waals surface area contributed by atoms with E-state index in [0.717, 1.165) is 22.9 Å². The van der Waals surface area contributed by atoms with Crippen LogP contribution in [0.3, 0.4) is 0 Å². The maximum absolute atomic E-state index is 8.76. The summed E-state index contributed by atoms with van der Waals surface area (Å²) in [7, 11) is 3.24. The SMILES string of the molecule is COc1ccc(OC)c(Nc2ccc(C#N)cc2)c1. The van der Waals surface area contributed by atoms with E-state index in [1.165, 1.54) is 0 Å². The summed E-state index contributed by atoms with van der Waals surface area (Å²) in [5.74, 6) is 1.47. The lowest BCUT2D eigenvalue weighted by molar-refractivity contribution is 0.405. The Hall–Kier alpha value is -2.67. The average Bonchev–Trinajstić information content (AvgIpc) is 2.48. The molecule has 0 saturated heterocycles. The molecule has 2 rings (SSSR count). The summed E-state index contributed by atoms with van der Waals surface area (Å²) >= 11 is 0. The van der Waals surface area contributed by atoms with Crippen molar-refractivity contribution in [3.8, 4) is 17.6 Å². The molecule has 0 fully saturated rings. The van der Waals surface area contributed by atoms with Gasteiger partial charge in [0.25, 0.3) is 0 Å². The van der Waals surface area contributed by atoms with Gasteiger partial charge in [0.15, 0.2) is 0 Å². The summed E-state index contributed by atoms with van der Waals surface area (Å²) in [6.45, 7) is 0. The van der Waals surface area contributed by atoms with E-state index in [4.69, 9.17) is 14.7 Å². The summed E-state index contributed by atoms with van der Waals surface area (Å²) in [6.07, 6.45) is 0. The topological polar surface area (TPSA) is 54.3 Å². The lowest BCUT2D eigenvalue weighted by atomic mass is 10.2. The number of rotatable bonds is 4. The van der Waals surface area contributed by atoms with Crippen LogP contribution in [0.15, 0.2) is 42.5 Å². The molecule has 0 spiro atoms. The van der Waals surface area contributed by atoms with Crippen LogP contribution < -0.4 is 14.8 Å². The van der Waals surface area contributed by atoms with Crippen molar-refractivity contribution < 1.29 is 9.47 Å². The number of methoxy groups -OCH3 is 2. The molecule has 0 heterocycles. The van der Waals surface area contributed by atoms with E-state index in [9.17, 15) is 0 Å². The van der Waals surface area contributed by atoms with Gasteiger partial charge in [0.1, 0.15) is 11.5 Å². The molecule has 4 heteroatoms. The van der Waals surface area contributed by atoms with Crippen molar-refractivity contribution in [2.75, 3.05) is 19.5 Å². The number of hydrogen-bond donors (Lipinski definition) is 1. The number of hydrogen-bond acceptors (Lipinski definition) is 4. The van der Waals surface area contributed by atoms with Crippen LogP contribution in [0.4, 0.5) is 11.4 Å². The van der Waals surface area contributed by atoms with Gasteiger partial charge >= 0.3 is 0 Å². The Bertz CT molecular complexity index is 601. The van der Waals surface area contributed by atoms with Gasteiger partial charge in [-0.05, 0) is 36.4 Å². The fraction of sp³-hybridized carbons (Fsp3) is 0.133. The van der Waals surface area contributed by atoms with Gasteiger partial charge < -0.3 is 14.8 Å². The highest BCUT2D eigenvalue weighted by atomic mass is 16.5. The first-order valence-corrected chi connectivity index (χ1v) is 5.76. The zero-order valence-electron chi connectivity index (χ0n) is 10.8. The third kappa shape index (κ3) is 2.96. The van der Waals surface area contributed by atoms with Crippen molar-refractivity contribution in [3.05, 3.63) is 48.0 Å². The van der Waals surface area contributed by atoms with Gasteiger partial charge in [0, 0.05) is 11.8 Å². The van der Waals surface area contributed by atoms with E-state index in [1.807, 2.05) is 30.3 Å². The molecule has 0 aliphatic heterocycles. The number of anilines is 2. The molecule has 0 radical (unpaired) electrons. The molecule has 0 saturated carbocycles. The second kappa shape index (κ2) is 5.78. The Kier molecular flexibility index (Phi) is 3.89. The number of benzene rings is 2. The van der Waals surface area contributed by atoms with E-state index in [1.54, 1.807) is 26.4 Å². The number of ether oxygens (including phenoxy) is 2. The Balaban J connectivity index is 2.28. The maximum atomic E-state index is 8.76. The Labute approximate surface area is 112 Å². The van der Waals surface area contributed by atoms with Crippen LogP contribution in [0.1, 0.15) is 5.56 Å². The molecule has 2 aromatic rings. The normalized spacial score (nSPS) is 9.53. The van der Waals surface area contributed by atoms with Gasteiger partial charge in [-0.3, -0.25) is 0 Å². The zero-order valence-corrected chi connectivity index (χ0v) is 10.8. The molecule has 0 aliphatic carbocycles. The Morgan fingerprint density at radius 1 is 1.00 bits per heavy atom. The number of nitrogens with one attached hydrogen (secondary N) is 1. The first kappa shape index (κ1) is 12.8. The molecular formula is C15H14N2O2. The lowest BCUT2D eigenvalue weighted by Crippen LogP contribution is -1.95. The lowest BCUT2D eigenvalue weighted by Gasteiger charge is -2.12. The molecule has 0 bridgehead atoms. The highest BCUT2D eigenvalue weighted by Gasteiger charge is 2.05. The fourth-order valence-corrected chi connectivity index (χ4v) is 1.70. The molecule has 0 atom stereocenters. The minimum atomic E-state index is 0.628. The predicted octanol–water partition coefficient (Wildman–Crippen LogP) is 3.32. The van der Waals surface area contributed by atoms with Crippen molar-refractivity contribution in [1.82, 2.24) is 0 Å². The molecule has 96 valence electrons. The zero-order chi connectivity index (χ0) is 13.7. The van der Waals surface area contributed by atoms with Crippen LogP contribution in [0.5, 0.6) is 11.5 Å². The molecule has 1 N–H and O–H groups in total. The van der Waals surface area contributed by atoms with Gasteiger partial charge in [-0.25, -0.2) is 0 Å². The highest BCUT2D eigenvalue weighted by molar-refractivity contribution is 5.68. The van der Waals surface area contributed by atoms with E-state index in [0.29, 0.717) is 5.56 Å². The second-order valence-corrected chi connectivity index (χ2v) is 3.88. The summed E-state index contributed by atoms with van der Waals surface area (Å²) in [5.41, 5.74) is 2.32. The number of nitriles is 1. The molecule has 0 aliphatic rings. The fourth-order valence-electron chi connectivity index (χ4n) is 1.70. The number of nitrogens with zero attached hydrogens (tertiary/aromatic N) is 1. The molecule has 0 amide bonds. The smallest absolute Gasteiger partial charge is 0.142 e. The monoisotopic (exact) mass is 254 g/mol. The van der Waals surface area contributed by atoms with Gasteiger partial charge in [-0.2, -0.15) is 5.26 Å². The van der Waals surface area contributed by atoms with Crippen LogP contribution in [0.2, 0.25) is 0 Å². The first-order chi connectivity index (χ1) is 9.26. The third-order valence-corrected chi connectivity index (χ3v) is 2.70. The van der Waals surface area contributed by atoms with Crippen LogP contribution in [0, 0.1) is 11.3 Å². The predicted molar refractivity (Wildman–Crippen MR) is 74.0 cm³/mol. The van der Waals surface area contributed by atoms with E-state index >= 15 is 0 Å². The summed E-state index contributed by atoms with van der Waals surface area (Å²) < 4.78 is 10.5. The van der Waals surface area contributed by atoms with Gasteiger partial charge in [-0.1, -0.05) is 0 Å². The molecule has 0 aromatic heterocycles. The molecule has 2 aromatic carbocycles. The summed E-state index contributed by atoms with van der Waals surface area (Å²) in [4.78, 5) is 0. The minimum absolute atomic E-state index is 0.628. The van der Waals surface area contributed by atoms with Gasteiger partial charge in [-0.15, -0.1) is 0 Å². The van der Waals surface area contributed by atoms with E-state index < -0.39 is 0 Å². The minimum Gasteiger partial charge on any atom is -0.497 e. The van der Waals surface area contributed by atoms with Crippen molar-refractivity contribution in [2.24, 2.45) is 0 Å². The van der Waals surface area contributed by atoms with E-state index in [2.05, 4.69) is 11.4 Å². The molecular weight excluding hydrogens is 240 g/mol. The standard InChI is InChI=1S/C15H14N2O2/c1-18-13-7-8-15(19-2)14(9-13)17-12-5-3-11(10-16)4-6-12/h3-9,17H,1-2H3. The Morgan fingerprint density at radius 3 is 2.32 bits per heavy atom. The summed E-state index contributed by atoms with van der Waals surface area (Å²) in [6, 6.07) is 14.8. The van der Waals surface area contributed by atoms with Crippen LogP contribution in [0.25, 0.3) is 0 Å². The summed E-state index contributed by atoms with van der Waals surface area (Å²) in [5, 5.41) is 12.0. The van der Waals surface area contributed by atoms with Gasteiger partial charge in [0.05, 0.1) is 31.5 Å². The van der Waals surface area contributed by atoms with Crippen molar-refractivity contribution in [3.63, 3.8) is 0 Å². The maximum Gasteiger partial charge on any atom is 0.142 e. The molecule has 0 unspecified atom stereocenters. The van der Waals surface area contributed by atoms with Crippen LogP contribution in [-0.2, 0) is 0 Å². The van der Waals surface area contributed by atoms with Crippen molar-refractivity contribution in [1.29, 1.82) is 5.26 Å². The van der Waals surface area contributed by atoms with Crippen LogP contribution >= 0.6 is 0 Å². The largest absolute Gasteiger partial charge is 0.497 e. The molecule has 19 heavy (non-hydrogen) atoms. The third-order valence-electron chi connectivity index (χ3n) is 2.70. The average molecular weight is 254 g/mol. The van der Waals surface area contributed by atoms with Gasteiger partial charge in [0.2, 0.25) is 0 Å². The highest BCUT2D eigenvalue weighted by Crippen LogP contribution is 2.31. The van der Waals surface area contributed by atoms with Crippen molar-refractivity contribution >= 4 is 11.4 Å².